The van der Waals surface area contributed by atoms with E-state index in [1.807, 2.05) is 12.4 Å². The predicted octanol–water partition coefficient (Wildman–Crippen LogP) is 2.62. The Kier molecular flexibility index (Phi) is 5.33. The van der Waals surface area contributed by atoms with Crippen LogP contribution in [0.3, 0.4) is 0 Å². The molecule has 1 saturated carbocycles. The Bertz CT molecular complexity index is 405. The van der Waals surface area contributed by atoms with Crippen LogP contribution in [0.25, 0.3) is 0 Å². The van der Waals surface area contributed by atoms with E-state index < -0.39 is 10.8 Å². The van der Waals surface area contributed by atoms with Crippen LogP contribution < -0.4 is 5.32 Å². The van der Waals surface area contributed by atoms with E-state index in [-0.39, 0.29) is 0 Å². The highest BCUT2D eigenvalue weighted by atomic mass is 32.2. The van der Waals surface area contributed by atoms with Gasteiger partial charge in [0.1, 0.15) is 0 Å². The lowest BCUT2D eigenvalue weighted by atomic mass is 9.95. The third-order valence-corrected chi connectivity index (χ3v) is 6.35. The summed E-state index contributed by atoms with van der Waals surface area (Å²) >= 11 is 1.72. The number of hydrogen-bond acceptors (Lipinski definition) is 4. The van der Waals surface area contributed by atoms with Gasteiger partial charge in [-0.2, -0.15) is 0 Å². The molecule has 1 N–H and O–H groups in total. The number of rotatable bonds is 5. The molecular formula is C13H22N2OS2. The third kappa shape index (κ3) is 3.62. The van der Waals surface area contributed by atoms with Crippen molar-refractivity contribution < 1.29 is 4.21 Å². The van der Waals surface area contributed by atoms with Gasteiger partial charge in [-0.1, -0.05) is 13.3 Å². The van der Waals surface area contributed by atoms with E-state index in [0.717, 1.165) is 30.8 Å². The second-order valence-electron chi connectivity index (χ2n) is 4.90. The maximum atomic E-state index is 11.9. The smallest absolute Gasteiger partial charge is 0.0798 e. The van der Waals surface area contributed by atoms with Gasteiger partial charge in [-0.25, -0.2) is 4.98 Å². The molecule has 0 radical (unpaired) electrons. The lowest BCUT2D eigenvalue weighted by Crippen LogP contribution is -2.37. The minimum atomic E-state index is -0.629. The summed E-state index contributed by atoms with van der Waals surface area (Å²) in [5, 5.41) is 4.02. The van der Waals surface area contributed by atoms with Crippen molar-refractivity contribution in [3.8, 4) is 0 Å². The molecule has 1 heterocycles. The molecule has 102 valence electrons. The molecule has 18 heavy (non-hydrogen) atoms. The minimum absolute atomic E-state index is 0.406. The average molecular weight is 286 g/mol. The average Bonchev–Trinajstić information content (AvgIpc) is 2.81. The fourth-order valence-corrected chi connectivity index (χ4v) is 4.61. The van der Waals surface area contributed by atoms with E-state index in [1.165, 1.54) is 17.7 Å². The first-order valence-corrected chi connectivity index (χ1v) is 8.96. The zero-order chi connectivity index (χ0) is 13.0. The summed E-state index contributed by atoms with van der Waals surface area (Å²) in [5.74, 6) is 0.797. The Morgan fingerprint density at radius 1 is 1.56 bits per heavy atom. The summed E-state index contributed by atoms with van der Waals surface area (Å²) in [7, 11) is -0.629. The fourth-order valence-electron chi connectivity index (χ4n) is 2.54. The number of nitrogens with one attached hydrogen (secondary N) is 1. The van der Waals surface area contributed by atoms with E-state index in [2.05, 4.69) is 17.2 Å². The molecule has 0 spiro atoms. The van der Waals surface area contributed by atoms with Crippen LogP contribution in [0, 0.1) is 6.92 Å². The quantitative estimate of drug-likeness (QED) is 0.905. The molecule has 1 aliphatic carbocycles. The first kappa shape index (κ1) is 14.2. The minimum Gasteiger partial charge on any atom is -0.309 e. The molecule has 0 bridgehead atoms. The topological polar surface area (TPSA) is 42.0 Å². The molecule has 0 amide bonds. The van der Waals surface area contributed by atoms with Gasteiger partial charge in [0.25, 0.3) is 0 Å². The summed E-state index contributed by atoms with van der Waals surface area (Å²) < 4.78 is 11.9. The van der Waals surface area contributed by atoms with Gasteiger partial charge in [0.05, 0.1) is 11.2 Å². The van der Waals surface area contributed by atoms with Gasteiger partial charge in [0, 0.05) is 39.3 Å². The van der Waals surface area contributed by atoms with Crippen molar-refractivity contribution in [1.29, 1.82) is 0 Å². The van der Waals surface area contributed by atoms with Crippen molar-refractivity contribution in [1.82, 2.24) is 10.3 Å². The molecule has 0 aromatic carbocycles. The van der Waals surface area contributed by atoms with E-state index in [4.69, 9.17) is 0 Å². The van der Waals surface area contributed by atoms with Gasteiger partial charge in [0.2, 0.25) is 0 Å². The lowest BCUT2D eigenvalue weighted by molar-refractivity contribution is 0.376. The molecular weight excluding hydrogens is 264 g/mol. The van der Waals surface area contributed by atoms with E-state index in [1.54, 1.807) is 11.3 Å². The Morgan fingerprint density at radius 2 is 2.39 bits per heavy atom. The molecule has 0 unspecified atom stereocenters. The normalized spacial score (nSPS) is 26.1. The Hall–Kier alpha value is -0.260. The largest absolute Gasteiger partial charge is 0.309 e. The van der Waals surface area contributed by atoms with E-state index in [9.17, 15) is 4.21 Å². The van der Waals surface area contributed by atoms with Gasteiger partial charge >= 0.3 is 0 Å². The van der Waals surface area contributed by atoms with Crippen LogP contribution in [-0.2, 0) is 17.3 Å². The van der Waals surface area contributed by atoms with Gasteiger partial charge in [-0.15, -0.1) is 11.3 Å². The summed E-state index contributed by atoms with van der Waals surface area (Å²) in [6.45, 7) is 4.99. The van der Waals surface area contributed by atoms with Gasteiger partial charge in [0.15, 0.2) is 0 Å². The molecule has 1 aliphatic rings. The molecule has 2 rings (SSSR count). The molecule has 1 fully saturated rings. The number of aromatic nitrogens is 1. The molecule has 3 nitrogen and oxygen atoms in total. The summed E-state index contributed by atoms with van der Waals surface area (Å²) in [5.41, 5.74) is 3.04. The summed E-state index contributed by atoms with van der Waals surface area (Å²) in [6.07, 6.45) is 4.63. The number of nitrogens with zero attached hydrogens (tertiary/aromatic N) is 1. The van der Waals surface area contributed by atoms with Gasteiger partial charge in [-0.3, -0.25) is 4.21 Å². The second kappa shape index (κ2) is 6.78. The van der Waals surface area contributed by atoms with Crippen molar-refractivity contribution in [2.75, 3.05) is 5.75 Å². The molecule has 1 aromatic heterocycles. The highest BCUT2D eigenvalue weighted by Crippen LogP contribution is 2.23. The first-order valence-electron chi connectivity index (χ1n) is 6.70. The third-order valence-electron chi connectivity index (χ3n) is 3.68. The van der Waals surface area contributed by atoms with Crippen LogP contribution in [0.15, 0.2) is 5.51 Å². The number of hydrogen-bond donors (Lipinski definition) is 1. The Morgan fingerprint density at radius 3 is 3.06 bits per heavy atom. The van der Waals surface area contributed by atoms with Crippen molar-refractivity contribution in [3.63, 3.8) is 0 Å². The van der Waals surface area contributed by atoms with E-state index >= 15 is 0 Å². The van der Waals surface area contributed by atoms with Crippen LogP contribution in [-0.4, -0.2) is 26.2 Å². The van der Waals surface area contributed by atoms with Crippen LogP contribution >= 0.6 is 11.3 Å². The molecule has 0 aliphatic heterocycles. The van der Waals surface area contributed by atoms with E-state index in [0.29, 0.717) is 11.3 Å². The van der Waals surface area contributed by atoms with Crippen molar-refractivity contribution in [2.45, 2.75) is 57.4 Å². The highest BCUT2D eigenvalue weighted by molar-refractivity contribution is 7.85. The maximum Gasteiger partial charge on any atom is 0.0798 e. The fraction of sp³-hybridized carbons (Fsp3) is 0.769. The molecule has 1 aromatic rings. The van der Waals surface area contributed by atoms with Crippen LogP contribution in [0.5, 0.6) is 0 Å². The monoisotopic (exact) mass is 286 g/mol. The summed E-state index contributed by atoms with van der Waals surface area (Å²) in [6, 6.07) is 0.528. The standard InChI is InChI=1S/C13H22N2OS2/c1-3-18(16)12-6-4-5-11(7-12)14-8-13-10(2)15-9-17-13/h9,11-12,14H,3-8H2,1-2H3/t11-,12+,18+/m1/s1. The van der Waals surface area contributed by atoms with Crippen LogP contribution in [0.4, 0.5) is 0 Å². The maximum absolute atomic E-state index is 11.9. The lowest BCUT2D eigenvalue weighted by Gasteiger charge is -2.29. The molecule has 3 atom stereocenters. The van der Waals surface area contributed by atoms with Crippen LogP contribution in [0.2, 0.25) is 0 Å². The summed E-state index contributed by atoms with van der Waals surface area (Å²) in [4.78, 5) is 5.59. The van der Waals surface area contributed by atoms with Gasteiger partial charge < -0.3 is 5.32 Å². The Balaban J connectivity index is 1.83. The number of thiazole rings is 1. The number of aryl methyl sites for hydroxylation is 1. The van der Waals surface area contributed by atoms with Crippen LogP contribution in [0.1, 0.15) is 43.2 Å². The Labute approximate surface area is 116 Å². The highest BCUT2D eigenvalue weighted by Gasteiger charge is 2.25. The second-order valence-corrected chi connectivity index (χ2v) is 7.84. The molecule has 0 saturated heterocycles. The van der Waals surface area contributed by atoms with Crippen molar-refractivity contribution in [2.24, 2.45) is 0 Å². The zero-order valence-electron chi connectivity index (χ0n) is 11.1. The van der Waals surface area contributed by atoms with Crippen molar-refractivity contribution in [3.05, 3.63) is 16.1 Å². The zero-order valence-corrected chi connectivity index (χ0v) is 12.8. The first-order chi connectivity index (χ1) is 8.70. The molecule has 5 heteroatoms. The predicted molar refractivity (Wildman–Crippen MR) is 78.4 cm³/mol. The van der Waals surface area contributed by atoms with Gasteiger partial charge in [-0.05, 0) is 26.2 Å². The van der Waals surface area contributed by atoms with Crippen molar-refractivity contribution >= 4 is 22.1 Å². The SMILES string of the molecule is CC[S@](=O)[C@H]1CCC[C@@H](NCc2scnc2C)C1.